The van der Waals surface area contributed by atoms with Crippen LogP contribution in [0.25, 0.3) is 5.69 Å². The number of pyridine rings is 1. The summed E-state index contributed by atoms with van der Waals surface area (Å²) in [5.41, 5.74) is 3.89. The molecule has 7 heteroatoms. The molecule has 0 amide bonds. The first-order chi connectivity index (χ1) is 16.2. The number of nitrogens with zero attached hydrogens (tertiary/aromatic N) is 3. The van der Waals surface area contributed by atoms with E-state index in [9.17, 15) is 0 Å². The van der Waals surface area contributed by atoms with Gasteiger partial charge >= 0.3 is 0 Å². The lowest BCUT2D eigenvalue weighted by atomic mass is 10.0. The van der Waals surface area contributed by atoms with E-state index in [1.807, 2.05) is 79.1 Å². The van der Waals surface area contributed by atoms with Crippen LogP contribution >= 0.6 is 12.2 Å². The van der Waals surface area contributed by atoms with Gasteiger partial charge in [0.1, 0.15) is 17.5 Å². The quantitative estimate of drug-likeness (QED) is 0.409. The molecule has 2 aromatic carbocycles. The Kier molecular flexibility index (Phi) is 5.71. The fourth-order valence-corrected chi connectivity index (χ4v) is 4.72. The van der Waals surface area contributed by atoms with Gasteiger partial charge in [0.15, 0.2) is 5.11 Å². The van der Waals surface area contributed by atoms with Crippen molar-refractivity contribution in [2.24, 2.45) is 0 Å². The zero-order valence-corrected chi connectivity index (χ0v) is 19.2. The summed E-state index contributed by atoms with van der Waals surface area (Å²) >= 11 is 5.85. The van der Waals surface area contributed by atoms with Crippen LogP contribution in [0.5, 0.6) is 11.5 Å². The van der Waals surface area contributed by atoms with Crippen molar-refractivity contribution in [2.45, 2.75) is 12.1 Å². The van der Waals surface area contributed by atoms with Gasteiger partial charge in [-0.25, -0.2) is 0 Å². The Balaban J connectivity index is 1.68. The van der Waals surface area contributed by atoms with E-state index in [1.54, 1.807) is 14.2 Å². The molecule has 166 valence electrons. The van der Waals surface area contributed by atoms with Gasteiger partial charge in [0, 0.05) is 29.8 Å². The lowest BCUT2D eigenvalue weighted by Crippen LogP contribution is -2.30. The van der Waals surface area contributed by atoms with Gasteiger partial charge in [0.2, 0.25) is 0 Å². The van der Waals surface area contributed by atoms with Gasteiger partial charge < -0.3 is 24.3 Å². The molecule has 6 nitrogen and oxygen atoms in total. The van der Waals surface area contributed by atoms with Gasteiger partial charge in [-0.2, -0.15) is 0 Å². The third-order valence-corrected chi connectivity index (χ3v) is 6.17. The molecule has 3 heterocycles. The van der Waals surface area contributed by atoms with Crippen LogP contribution in [0.15, 0.2) is 91.3 Å². The number of hydrogen-bond donors (Lipinski definition) is 1. The lowest BCUT2D eigenvalue weighted by molar-refractivity contribution is 0.412. The van der Waals surface area contributed by atoms with Crippen LogP contribution in [0.1, 0.15) is 23.5 Å². The summed E-state index contributed by atoms with van der Waals surface area (Å²) in [6.07, 6.45) is 3.86. The molecule has 1 aliphatic heterocycles. The molecule has 0 radical (unpaired) electrons. The molecule has 0 aliphatic carbocycles. The summed E-state index contributed by atoms with van der Waals surface area (Å²) in [4.78, 5) is 6.78. The van der Waals surface area contributed by atoms with Crippen molar-refractivity contribution >= 4 is 23.0 Å². The third-order valence-electron chi connectivity index (χ3n) is 5.86. The van der Waals surface area contributed by atoms with Crippen LogP contribution in [0.4, 0.5) is 5.69 Å². The van der Waals surface area contributed by atoms with E-state index in [2.05, 4.69) is 31.9 Å². The molecule has 4 aromatic rings. The predicted molar refractivity (Wildman–Crippen MR) is 133 cm³/mol. The summed E-state index contributed by atoms with van der Waals surface area (Å²) < 4.78 is 13.3. The first-order valence-electron chi connectivity index (χ1n) is 10.7. The second-order valence-corrected chi connectivity index (χ2v) is 8.06. The van der Waals surface area contributed by atoms with Crippen molar-refractivity contribution in [3.63, 3.8) is 0 Å². The van der Waals surface area contributed by atoms with E-state index in [1.165, 1.54) is 0 Å². The highest BCUT2D eigenvalue weighted by Crippen LogP contribution is 2.43. The largest absolute Gasteiger partial charge is 0.497 e. The summed E-state index contributed by atoms with van der Waals surface area (Å²) in [5, 5.41) is 4.15. The zero-order valence-electron chi connectivity index (χ0n) is 18.4. The molecule has 1 fully saturated rings. The lowest BCUT2D eigenvalue weighted by Gasteiger charge is -2.29. The fourth-order valence-electron chi connectivity index (χ4n) is 4.38. The van der Waals surface area contributed by atoms with E-state index in [0.29, 0.717) is 5.11 Å². The first-order valence-corrected chi connectivity index (χ1v) is 11.1. The monoisotopic (exact) mass is 456 g/mol. The Morgan fingerprint density at radius 1 is 0.909 bits per heavy atom. The standard InChI is InChI=1S/C26H24N4O2S/c1-31-19-10-7-9-18(17-19)30-25(24(28-26(30)33)20-11-5-6-15-27-20)22-13-8-16-29(22)21-12-3-4-14-23(21)32-2/h3-17,24-25H,1-2H3,(H,28,33)/t24-,25+/m0/s1. The van der Waals surface area contributed by atoms with Crippen LogP contribution in [-0.4, -0.2) is 28.9 Å². The second kappa shape index (κ2) is 8.96. The topological polar surface area (TPSA) is 51.5 Å². The van der Waals surface area contributed by atoms with E-state index in [-0.39, 0.29) is 12.1 Å². The number of rotatable bonds is 6. The molecule has 2 aromatic heterocycles. The van der Waals surface area contributed by atoms with Crippen LogP contribution < -0.4 is 19.7 Å². The summed E-state index contributed by atoms with van der Waals surface area (Å²) in [6, 6.07) is 25.7. The van der Waals surface area contributed by atoms with Crippen molar-refractivity contribution in [3.8, 4) is 17.2 Å². The summed E-state index contributed by atoms with van der Waals surface area (Å²) in [5.74, 6) is 1.57. The third kappa shape index (κ3) is 3.81. The molecule has 0 unspecified atom stereocenters. The van der Waals surface area contributed by atoms with E-state index in [0.717, 1.165) is 34.3 Å². The fraction of sp³-hybridized carbons (Fsp3) is 0.154. The first kappa shape index (κ1) is 21.0. The molecule has 5 rings (SSSR count). The van der Waals surface area contributed by atoms with Crippen LogP contribution in [-0.2, 0) is 0 Å². The van der Waals surface area contributed by atoms with E-state index in [4.69, 9.17) is 21.7 Å². The molecular weight excluding hydrogens is 432 g/mol. The van der Waals surface area contributed by atoms with Crippen molar-refractivity contribution in [3.05, 3.63) is 103 Å². The van der Waals surface area contributed by atoms with Crippen molar-refractivity contribution < 1.29 is 9.47 Å². The Morgan fingerprint density at radius 3 is 2.55 bits per heavy atom. The number of para-hydroxylation sites is 2. The highest BCUT2D eigenvalue weighted by Gasteiger charge is 2.42. The highest BCUT2D eigenvalue weighted by atomic mass is 32.1. The maximum absolute atomic E-state index is 5.85. The molecule has 1 saturated heterocycles. The normalized spacial score (nSPS) is 17.6. The summed E-state index contributed by atoms with van der Waals surface area (Å²) in [6.45, 7) is 0. The Hall–Kier alpha value is -3.84. The molecule has 2 atom stereocenters. The predicted octanol–water partition coefficient (Wildman–Crippen LogP) is 5.07. The highest BCUT2D eigenvalue weighted by molar-refractivity contribution is 7.80. The van der Waals surface area contributed by atoms with Crippen LogP contribution in [0.2, 0.25) is 0 Å². The number of methoxy groups -OCH3 is 2. The number of thiocarbonyl (C=S) groups is 1. The molecule has 0 bridgehead atoms. The van der Waals surface area contributed by atoms with Crippen molar-refractivity contribution in [1.29, 1.82) is 0 Å². The average Bonchev–Trinajstić information content (AvgIpc) is 3.48. The van der Waals surface area contributed by atoms with Crippen molar-refractivity contribution in [2.75, 3.05) is 19.1 Å². The van der Waals surface area contributed by atoms with Crippen molar-refractivity contribution in [1.82, 2.24) is 14.9 Å². The number of aromatic nitrogens is 2. The maximum Gasteiger partial charge on any atom is 0.174 e. The van der Waals surface area contributed by atoms with Gasteiger partial charge in [-0.05, 0) is 60.7 Å². The minimum absolute atomic E-state index is 0.145. The molecule has 0 saturated carbocycles. The smallest absolute Gasteiger partial charge is 0.174 e. The average molecular weight is 457 g/mol. The molecule has 1 aliphatic rings. The number of ether oxygens (including phenoxy) is 2. The second-order valence-electron chi connectivity index (χ2n) is 7.67. The number of nitrogens with one attached hydrogen (secondary N) is 1. The SMILES string of the molecule is COc1cccc(N2C(=S)N[C@@H](c3ccccn3)[C@H]2c2cccn2-c2ccccc2OC)c1. The molecular formula is C26H24N4O2S. The minimum atomic E-state index is -0.153. The molecule has 33 heavy (non-hydrogen) atoms. The summed E-state index contributed by atoms with van der Waals surface area (Å²) in [7, 11) is 3.36. The van der Waals surface area contributed by atoms with E-state index < -0.39 is 0 Å². The van der Waals surface area contributed by atoms with Gasteiger partial charge in [-0.15, -0.1) is 0 Å². The minimum Gasteiger partial charge on any atom is -0.497 e. The van der Waals surface area contributed by atoms with E-state index >= 15 is 0 Å². The Labute approximate surface area is 198 Å². The maximum atomic E-state index is 5.85. The van der Waals surface area contributed by atoms with Gasteiger partial charge in [0.25, 0.3) is 0 Å². The van der Waals surface area contributed by atoms with Gasteiger partial charge in [-0.1, -0.05) is 24.3 Å². The Morgan fingerprint density at radius 2 is 1.76 bits per heavy atom. The number of hydrogen-bond acceptors (Lipinski definition) is 4. The Bertz CT molecular complexity index is 1270. The van der Waals surface area contributed by atoms with Crippen LogP contribution in [0, 0.1) is 0 Å². The number of anilines is 1. The molecule has 0 spiro atoms. The number of benzene rings is 2. The van der Waals surface area contributed by atoms with Gasteiger partial charge in [-0.3, -0.25) is 4.98 Å². The molecule has 1 N–H and O–H groups in total. The van der Waals surface area contributed by atoms with Gasteiger partial charge in [0.05, 0.1) is 31.6 Å². The van der Waals surface area contributed by atoms with Crippen LogP contribution in [0.3, 0.4) is 0 Å². The zero-order chi connectivity index (χ0) is 22.8.